The summed E-state index contributed by atoms with van der Waals surface area (Å²) >= 11 is 0. The Balaban J connectivity index is 7.31. The molecule has 0 amide bonds. The van der Waals surface area contributed by atoms with Gasteiger partial charge in [0.2, 0.25) is 0 Å². The fraction of sp³-hybridized carbons (Fsp3) is 1.00. The van der Waals surface area contributed by atoms with E-state index < -0.39 is 117 Å². The van der Waals surface area contributed by atoms with Crippen LogP contribution in [0.4, 0.5) is 145 Å². The zero-order valence-corrected chi connectivity index (χ0v) is 25.1. The Bertz CT molecular complexity index is 1250. The Morgan fingerprint density at radius 3 is 0.518 bits per heavy atom. The SMILES string of the molecule is O=P(OCC(F)(F)C(F)(F)C(F)(F)C(F)(F)C(F)(F)F)(OCC(F)(F)C(F)(F)C(F)(F)C(F)(F)C(F)(F)F)OCC(F)(F)C(F)(F)C(F)(F)C(F)(F)C(F)(F)F. The molecule has 0 bridgehead atoms. The van der Waals surface area contributed by atoms with Crippen molar-refractivity contribution in [1.82, 2.24) is 0 Å². The smallest absolute Gasteiger partial charge is 0.280 e. The average Bonchev–Trinajstić information content (AvgIpc) is 2.95. The molecule has 0 aromatic rings. The lowest BCUT2D eigenvalue weighted by molar-refractivity contribution is -0.425. The molecule has 0 saturated heterocycles. The van der Waals surface area contributed by atoms with Crippen molar-refractivity contribution in [3.05, 3.63) is 0 Å². The number of hydrogen-bond acceptors (Lipinski definition) is 4. The second-order valence-corrected chi connectivity index (χ2v) is 11.7. The summed E-state index contributed by atoms with van der Waals surface area (Å²) in [6, 6.07) is 0. The van der Waals surface area contributed by atoms with E-state index in [2.05, 4.69) is 13.6 Å². The summed E-state index contributed by atoms with van der Waals surface area (Å²) in [7, 11) is -8.50. The molecule has 0 heterocycles. The average molecular weight is 944 g/mol. The molecule has 0 radical (unpaired) electrons. The lowest BCUT2D eigenvalue weighted by Crippen LogP contribution is -2.67. The minimum absolute atomic E-state index is 2.44. The Kier molecular flexibility index (Phi) is 13.7. The molecule has 0 saturated carbocycles. The molecule has 0 fully saturated rings. The van der Waals surface area contributed by atoms with Gasteiger partial charge in [-0.3, -0.25) is 13.6 Å². The van der Waals surface area contributed by atoms with Crippen LogP contribution in [0.2, 0.25) is 0 Å². The number of alkyl halides is 33. The highest BCUT2D eigenvalue weighted by Crippen LogP contribution is 2.63. The normalized spacial score (nSPS) is 16.8. The highest BCUT2D eigenvalue weighted by Gasteiger charge is 2.90. The number of phosphoric acid groups is 1. The van der Waals surface area contributed by atoms with Crippen LogP contribution in [-0.2, 0) is 18.1 Å². The van der Waals surface area contributed by atoms with Gasteiger partial charge in [-0.05, 0) is 0 Å². The summed E-state index contributed by atoms with van der Waals surface area (Å²) < 4.78 is 452. The molecule has 0 rings (SSSR count). The molecule has 0 aliphatic heterocycles. The van der Waals surface area contributed by atoms with Gasteiger partial charge in [0.05, 0.1) is 0 Å². The van der Waals surface area contributed by atoms with Gasteiger partial charge in [-0.25, -0.2) is 4.57 Å². The van der Waals surface area contributed by atoms with E-state index in [1.165, 1.54) is 0 Å². The first-order chi connectivity index (χ1) is 23.6. The Hall–Kier alpha value is -2.20. The van der Waals surface area contributed by atoms with Crippen molar-refractivity contribution in [2.24, 2.45) is 0 Å². The monoisotopic (exact) mass is 944 g/mol. The molecular formula is C18H6F33O4P. The van der Waals surface area contributed by atoms with E-state index in [-0.39, 0.29) is 0 Å². The number of halogens is 33. The third kappa shape index (κ3) is 8.31. The van der Waals surface area contributed by atoms with E-state index in [4.69, 9.17) is 0 Å². The van der Waals surface area contributed by atoms with Crippen LogP contribution in [0.3, 0.4) is 0 Å². The first kappa shape index (κ1) is 53.8. The van der Waals surface area contributed by atoms with E-state index in [1.807, 2.05) is 0 Å². The van der Waals surface area contributed by atoms with Crippen LogP contribution >= 0.6 is 7.82 Å². The molecule has 0 spiro atoms. The molecule has 0 atom stereocenters. The van der Waals surface area contributed by atoms with Crippen molar-refractivity contribution in [1.29, 1.82) is 0 Å². The van der Waals surface area contributed by atoms with Crippen molar-refractivity contribution in [3.63, 3.8) is 0 Å². The van der Waals surface area contributed by atoms with Gasteiger partial charge in [-0.2, -0.15) is 145 Å². The van der Waals surface area contributed by atoms with E-state index >= 15 is 0 Å². The minimum Gasteiger partial charge on any atom is -0.280 e. The zero-order valence-electron chi connectivity index (χ0n) is 24.2. The molecule has 338 valence electrons. The Labute approximate surface area is 281 Å². The van der Waals surface area contributed by atoms with Crippen LogP contribution in [0.1, 0.15) is 0 Å². The van der Waals surface area contributed by atoms with E-state index in [0.717, 1.165) is 0 Å². The van der Waals surface area contributed by atoms with Crippen LogP contribution in [0, 0.1) is 0 Å². The summed E-state index contributed by atoms with van der Waals surface area (Å²) in [6.07, 6.45) is -24.0. The molecule has 0 aliphatic carbocycles. The van der Waals surface area contributed by atoms with E-state index in [1.54, 1.807) is 0 Å². The van der Waals surface area contributed by atoms with Crippen molar-refractivity contribution >= 4 is 7.82 Å². The zero-order chi connectivity index (χ0) is 46.2. The van der Waals surface area contributed by atoms with Crippen LogP contribution in [0.5, 0.6) is 0 Å². The first-order valence-corrected chi connectivity index (χ1v) is 13.4. The van der Waals surface area contributed by atoms with Crippen LogP contribution in [0.25, 0.3) is 0 Å². The molecular weight excluding hydrogens is 938 g/mol. The number of phosphoric ester groups is 1. The van der Waals surface area contributed by atoms with E-state index in [0.29, 0.717) is 0 Å². The topological polar surface area (TPSA) is 44.8 Å². The summed E-state index contributed by atoms with van der Waals surface area (Å²) in [5, 5.41) is 0. The second kappa shape index (κ2) is 14.2. The molecule has 4 nitrogen and oxygen atoms in total. The highest BCUT2D eigenvalue weighted by molar-refractivity contribution is 7.48. The third-order valence-corrected chi connectivity index (χ3v) is 7.36. The number of hydrogen-bond donors (Lipinski definition) is 0. The predicted molar refractivity (Wildman–Crippen MR) is 103 cm³/mol. The van der Waals surface area contributed by atoms with Gasteiger partial charge >= 0.3 is 97.4 Å². The maximum atomic E-state index is 13.9. The predicted octanol–water partition coefficient (Wildman–Crippen LogP) is 11.5. The fourth-order valence-electron chi connectivity index (χ4n) is 2.68. The molecule has 56 heavy (non-hydrogen) atoms. The number of rotatable bonds is 18. The van der Waals surface area contributed by atoms with E-state index in [9.17, 15) is 149 Å². The molecule has 0 aromatic heterocycles. The van der Waals surface area contributed by atoms with Gasteiger partial charge in [-0.1, -0.05) is 0 Å². The van der Waals surface area contributed by atoms with Crippen molar-refractivity contribution in [2.75, 3.05) is 19.8 Å². The van der Waals surface area contributed by atoms with Crippen LogP contribution < -0.4 is 0 Å². The summed E-state index contributed by atoms with van der Waals surface area (Å²) in [5.74, 6) is -99.8. The van der Waals surface area contributed by atoms with Crippen LogP contribution in [0.15, 0.2) is 0 Å². The fourth-order valence-corrected chi connectivity index (χ4v) is 3.86. The first-order valence-electron chi connectivity index (χ1n) is 11.9. The maximum Gasteiger partial charge on any atom is 0.475 e. The minimum atomic E-state index is -8.59. The van der Waals surface area contributed by atoms with Gasteiger partial charge in [0.25, 0.3) is 0 Å². The summed E-state index contributed by atoms with van der Waals surface area (Å²) in [4.78, 5) is 0. The molecule has 0 N–H and O–H groups in total. The Morgan fingerprint density at radius 2 is 0.393 bits per heavy atom. The highest BCUT2D eigenvalue weighted by atomic mass is 31.2. The van der Waals surface area contributed by atoms with Crippen molar-refractivity contribution in [3.8, 4) is 0 Å². The molecule has 0 aromatic carbocycles. The second-order valence-electron chi connectivity index (χ2n) is 10.0. The van der Waals surface area contributed by atoms with Crippen molar-refractivity contribution < 1.29 is 163 Å². The van der Waals surface area contributed by atoms with Gasteiger partial charge < -0.3 is 0 Å². The van der Waals surface area contributed by atoms with Gasteiger partial charge in [-0.15, -0.1) is 0 Å². The van der Waals surface area contributed by atoms with Gasteiger partial charge in [0.1, 0.15) is 19.8 Å². The lowest BCUT2D eigenvalue weighted by atomic mass is 9.98. The summed E-state index contributed by atoms with van der Waals surface area (Å²) in [5.41, 5.74) is 0. The van der Waals surface area contributed by atoms with Crippen LogP contribution in [-0.4, -0.2) is 109 Å². The largest absolute Gasteiger partial charge is 0.475 e. The molecule has 0 unspecified atom stereocenters. The standard InChI is InChI=1S/C18H6F33O4P/c19-4(20,7(25,26)10(31,32)13(37,38)16(43,44)45)1-53-56(52,54-2-5(21,22)8(27,28)11(33,34)14(39,40)17(46,47)48)55-3-6(23,24)9(29,30)12(35,36)15(41,42)18(49,50)51/h1-3H2. The lowest BCUT2D eigenvalue weighted by Gasteiger charge is -2.38. The molecule has 38 heteroatoms. The van der Waals surface area contributed by atoms with Crippen molar-refractivity contribution in [2.45, 2.75) is 89.6 Å². The molecule has 0 aliphatic rings. The Morgan fingerprint density at radius 1 is 0.250 bits per heavy atom. The van der Waals surface area contributed by atoms with Gasteiger partial charge in [0.15, 0.2) is 0 Å². The third-order valence-electron chi connectivity index (χ3n) is 6.02. The maximum absolute atomic E-state index is 13.9. The summed E-state index contributed by atoms with van der Waals surface area (Å²) in [6.45, 7) is -14.2. The quantitative estimate of drug-likeness (QED) is 0.101. The van der Waals surface area contributed by atoms with Gasteiger partial charge in [0, 0.05) is 0 Å².